The van der Waals surface area contributed by atoms with Gasteiger partial charge in [-0.2, -0.15) is 5.10 Å². The number of para-hydroxylation sites is 1. The molecule has 0 saturated carbocycles. The molecular formula is C23H24N2. The highest BCUT2D eigenvalue weighted by Gasteiger charge is 2.12. The summed E-state index contributed by atoms with van der Waals surface area (Å²) in [6.45, 7) is 6.71. The molecule has 3 rings (SSSR count). The summed E-state index contributed by atoms with van der Waals surface area (Å²) in [6, 6.07) is 27.2. The van der Waals surface area contributed by atoms with Gasteiger partial charge in [-0.15, -0.1) is 0 Å². The average molecular weight is 328 g/mol. The fourth-order valence-corrected chi connectivity index (χ4v) is 2.62. The van der Waals surface area contributed by atoms with Gasteiger partial charge in [-0.05, 0) is 39.8 Å². The number of rotatable bonds is 4. The molecule has 0 aromatic heterocycles. The van der Waals surface area contributed by atoms with Gasteiger partial charge in [-0.1, -0.05) is 87.5 Å². The molecule has 0 bridgehead atoms. The lowest BCUT2D eigenvalue weighted by molar-refractivity contribution is 0.590. The molecule has 0 fully saturated rings. The maximum absolute atomic E-state index is 4.28. The SMILES string of the molecule is CC(C)(C)c1ccc(-c2ccc(C=NNc3ccccc3)cc2)cc1. The number of hydrogen-bond acceptors (Lipinski definition) is 2. The number of hydrazone groups is 1. The third-order valence-corrected chi connectivity index (χ3v) is 4.18. The fraction of sp³-hybridized carbons (Fsp3) is 0.174. The third-order valence-electron chi connectivity index (χ3n) is 4.18. The Morgan fingerprint density at radius 1 is 0.720 bits per heavy atom. The molecule has 0 unspecified atom stereocenters. The highest BCUT2D eigenvalue weighted by atomic mass is 15.3. The fourth-order valence-electron chi connectivity index (χ4n) is 2.62. The van der Waals surface area contributed by atoms with Crippen molar-refractivity contribution >= 4 is 11.9 Å². The minimum Gasteiger partial charge on any atom is -0.279 e. The lowest BCUT2D eigenvalue weighted by Crippen LogP contribution is -2.10. The lowest BCUT2D eigenvalue weighted by atomic mass is 9.86. The van der Waals surface area contributed by atoms with E-state index in [9.17, 15) is 0 Å². The maximum atomic E-state index is 4.28. The molecule has 2 nitrogen and oxygen atoms in total. The Kier molecular flexibility index (Phi) is 4.99. The van der Waals surface area contributed by atoms with Crippen molar-refractivity contribution in [2.45, 2.75) is 26.2 Å². The largest absolute Gasteiger partial charge is 0.279 e. The number of anilines is 1. The average Bonchev–Trinajstić information content (AvgIpc) is 2.63. The smallest absolute Gasteiger partial charge is 0.0561 e. The predicted molar refractivity (Wildman–Crippen MR) is 108 cm³/mol. The second-order valence-electron chi connectivity index (χ2n) is 7.19. The molecule has 0 spiro atoms. The molecule has 0 atom stereocenters. The van der Waals surface area contributed by atoms with Crippen molar-refractivity contribution in [3.05, 3.63) is 90.0 Å². The zero-order valence-electron chi connectivity index (χ0n) is 15.0. The minimum absolute atomic E-state index is 0.185. The van der Waals surface area contributed by atoms with E-state index in [-0.39, 0.29) is 5.41 Å². The molecule has 0 aliphatic rings. The molecule has 2 heteroatoms. The summed E-state index contributed by atoms with van der Waals surface area (Å²) in [7, 11) is 0. The minimum atomic E-state index is 0.185. The monoisotopic (exact) mass is 328 g/mol. The Hall–Kier alpha value is -2.87. The summed E-state index contributed by atoms with van der Waals surface area (Å²) >= 11 is 0. The van der Waals surface area contributed by atoms with Crippen molar-refractivity contribution in [3.63, 3.8) is 0 Å². The molecule has 25 heavy (non-hydrogen) atoms. The topological polar surface area (TPSA) is 24.4 Å². The van der Waals surface area contributed by atoms with Gasteiger partial charge in [0.1, 0.15) is 0 Å². The van der Waals surface area contributed by atoms with Gasteiger partial charge >= 0.3 is 0 Å². The predicted octanol–water partition coefficient (Wildman–Crippen LogP) is 6.10. The number of benzene rings is 3. The quantitative estimate of drug-likeness (QED) is 0.454. The summed E-state index contributed by atoms with van der Waals surface area (Å²) in [5.74, 6) is 0. The van der Waals surface area contributed by atoms with Crippen LogP contribution in [0, 0.1) is 0 Å². The Morgan fingerprint density at radius 3 is 1.84 bits per heavy atom. The van der Waals surface area contributed by atoms with Crippen molar-refractivity contribution in [1.29, 1.82) is 0 Å². The Bertz CT molecular complexity index is 824. The summed E-state index contributed by atoms with van der Waals surface area (Å²) in [6.07, 6.45) is 1.83. The van der Waals surface area contributed by atoms with E-state index in [2.05, 4.69) is 79.8 Å². The van der Waals surface area contributed by atoms with Crippen molar-refractivity contribution < 1.29 is 0 Å². The van der Waals surface area contributed by atoms with Gasteiger partial charge in [-0.3, -0.25) is 5.43 Å². The summed E-state index contributed by atoms with van der Waals surface area (Å²) in [5.41, 5.74) is 9.07. The van der Waals surface area contributed by atoms with Crippen LogP contribution in [0.15, 0.2) is 84.0 Å². The second kappa shape index (κ2) is 7.35. The normalized spacial score (nSPS) is 11.6. The first-order valence-corrected chi connectivity index (χ1v) is 8.57. The van der Waals surface area contributed by atoms with Crippen LogP contribution in [0.1, 0.15) is 31.9 Å². The molecule has 0 amide bonds. The third kappa shape index (κ3) is 4.57. The lowest BCUT2D eigenvalue weighted by Gasteiger charge is -2.19. The van der Waals surface area contributed by atoms with Gasteiger partial charge < -0.3 is 0 Å². The highest BCUT2D eigenvalue weighted by Crippen LogP contribution is 2.26. The standard InChI is InChI=1S/C23H24N2/c1-23(2,3)21-15-13-20(14-16-21)19-11-9-18(10-12-19)17-24-25-22-7-5-4-6-8-22/h4-17,25H,1-3H3. The summed E-state index contributed by atoms with van der Waals surface area (Å²) < 4.78 is 0. The molecule has 0 aliphatic carbocycles. The summed E-state index contributed by atoms with van der Waals surface area (Å²) in [5, 5.41) is 4.28. The van der Waals surface area contributed by atoms with Crippen LogP contribution in [0.2, 0.25) is 0 Å². The van der Waals surface area contributed by atoms with E-state index in [1.807, 2.05) is 36.5 Å². The highest BCUT2D eigenvalue weighted by molar-refractivity contribution is 5.81. The zero-order valence-corrected chi connectivity index (χ0v) is 15.0. The molecule has 3 aromatic carbocycles. The van der Waals surface area contributed by atoms with Gasteiger partial charge in [0.15, 0.2) is 0 Å². The Morgan fingerprint density at radius 2 is 1.28 bits per heavy atom. The first-order chi connectivity index (χ1) is 12.0. The van der Waals surface area contributed by atoms with Crippen LogP contribution in [0.3, 0.4) is 0 Å². The Balaban J connectivity index is 1.68. The summed E-state index contributed by atoms with van der Waals surface area (Å²) in [4.78, 5) is 0. The van der Waals surface area contributed by atoms with Crippen molar-refractivity contribution in [2.75, 3.05) is 5.43 Å². The molecule has 1 N–H and O–H groups in total. The van der Waals surface area contributed by atoms with Gasteiger partial charge in [0.25, 0.3) is 0 Å². The molecule has 3 aromatic rings. The van der Waals surface area contributed by atoms with Crippen LogP contribution in [-0.4, -0.2) is 6.21 Å². The van der Waals surface area contributed by atoms with Crippen LogP contribution in [0.5, 0.6) is 0 Å². The van der Waals surface area contributed by atoms with E-state index in [1.54, 1.807) is 0 Å². The first kappa shape index (κ1) is 17.0. The molecule has 0 saturated heterocycles. The molecule has 0 radical (unpaired) electrons. The maximum Gasteiger partial charge on any atom is 0.0561 e. The van der Waals surface area contributed by atoms with Crippen molar-refractivity contribution in [1.82, 2.24) is 0 Å². The van der Waals surface area contributed by atoms with E-state index in [0.29, 0.717) is 0 Å². The van der Waals surface area contributed by atoms with E-state index in [0.717, 1.165) is 11.3 Å². The van der Waals surface area contributed by atoms with Crippen LogP contribution in [0.25, 0.3) is 11.1 Å². The van der Waals surface area contributed by atoms with E-state index >= 15 is 0 Å². The molecular weight excluding hydrogens is 304 g/mol. The Labute approximate surface area is 150 Å². The van der Waals surface area contributed by atoms with Gasteiger partial charge in [-0.25, -0.2) is 0 Å². The van der Waals surface area contributed by atoms with Gasteiger partial charge in [0, 0.05) is 0 Å². The van der Waals surface area contributed by atoms with Gasteiger partial charge in [0.05, 0.1) is 11.9 Å². The van der Waals surface area contributed by atoms with E-state index < -0.39 is 0 Å². The van der Waals surface area contributed by atoms with Gasteiger partial charge in [0.2, 0.25) is 0 Å². The van der Waals surface area contributed by atoms with E-state index in [1.165, 1.54) is 16.7 Å². The van der Waals surface area contributed by atoms with Crippen LogP contribution < -0.4 is 5.43 Å². The number of nitrogens with zero attached hydrogens (tertiary/aromatic N) is 1. The van der Waals surface area contributed by atoms with Crippen molar-refractivity contribution in [3.8, 4) is 11.1 Å². The molecule has 0 heterocycles. The van der Waals surface area contributed by atoms with E-state index in [4.69, 9.17) is 0 Å². The second-order valence-corrected chi connectivity index (χ2v) is 7.19. The molecule has 0 aliphatic heterocycles. The van der Waals surface area contributed by atoms with Crippen LogP contribution in [-0.2, 0) is 5.41 Å². The first-order valence-electron chi connectivity index (χ1n) is 8.57. The number of nitrogens with one attached hydrogen (secondary N) is 1. The molecule has 126 valence electrons. The number of hydrogen-bond donors (Lipinski definition) is 1. The van der Waals surface area contributed by atoms with Crippen LogP contribution >= 0.6 is 0 Å². The van der Waals surface area contributed by atoms with Crippen molar-refractivity contribution in [2.24, 2.45) is 5.10 Å². The zero-order chi connectivity index (χ0) is 17.7. The van der Waals surface area contributed by atoms with Crippen LogP contribution in [0.4, 0.5) is 5.69 Å².